The summed E-state index contributed by atoms with van der Waals surface area (Å²) < 4.78 is 5.63. The first-order valence-electron chi connectivity index (χ1n) is 6.68. The van der Waals surface area contributed by atoms with Crippen molar-refractivity contribution in [1.29, 1.82) is 0 Å². The smallest absolute Gasteiger partial charge is 0.123 e. The van der Waals surface area contributed by atoms with Gasteiger partial charge in [-0.3, -0.25) is 0 Å². The molecule has 0 bridgehead atoms. The molecule has 0 aliphatic carbocycles. The average molecular weight is 297 g/mol. The normalized spacial score (nSPS) is 12.0. The second kappa shape index (κ2) is 6.52. The van der Waals surface area contributed by atoms with E-state index < -0.39 is 6.10 Å². The Morgan fingerprint density at radius 2 is 1.81 bits per heavy atom. The quantitative estimate of drug-likeness (QED) is 0.776. The molecular formula is C17H15NO2S. The SMILES string of the molecule is O[C@H](COc1ccc(-c2nccs2)cc1)c1ccccc1. The molecule has 21 heavy (non-hydrogen) atoms. The van der Waals surface area contributed by atoms with Gasteiger partial charge in [-0.05, 0) is 29.8 Å². The van der Waals surface area contributed by atoms with Crippen molar-refractivity contribution in [3.8, 4) is 16.3 Å². The van der Waals surface area contributed by atoms with Crippen LogP contribution in [0.1, 0.15) is 11.7 Å². The van der Waals surface area contributed by atoms with Crippen LogP contribution in [0.3, 0.4) is 0 Å². The summed E-state index contributed by atoms with van der Waals surface area (Å²) in [5.41, 5.74) is 1.93. The van der Waals surface area contributed by atoms with Crippen molar-refractivity contribution in [2.45, 2.75) is 6.10 Å². The van der Waals surface area contributed by atoms with E-state index >= 15 is 0 Å². The summed E-state index contributed by atoms with van der Waals surface area (Å²) in [4.78, 5) is 4.27. The third-order valence-corrected chi connectivity index (χ3v) is 3.95. The third kappa shape index (κ3) is 3.48. The van der Waals surface area contributed by atoms with Crippen LogP contribution in [-0.4, -0.2) is 16.7 Å². The fourth-order valence-corrected chi connectivity index (χ4v) is 2.65. The summed E-state index contributed by atoms with van der Waals surface area (Å²) in [6.07, 6.45) is 1.17. The second-order valence-corrected chi connectivity index (χ2v) is 5.49. The molecule has 0 unspecified atom stereocenters. The van der Waals surface area contributed by atoms with Crippen LogP contribution in [0.2, 0.25) is 0 Å². The van der Waals surface area contributed by atoms with Crippen molar-refractivity contribution in [2.24, 2.45) is 0 Å². The predicted octanol–water partition coefficient (Wildman–Crippen LogP) is 3.92. The number of hydrogen-bond donors (Lipinski definition) is 1. The van der Waals surface area contributed by atoms with Crippen LogP contribution in [0.25, 0.3) is 10.6 Å². The van der Waals surface area contributed by atoms with E-state index in [1.54, 1.807) is 17.5 Å². The summed E-state index contributed by atoms with van der Waals surface area (Å²) in [7, 11) is 0. The molecule has 0 spiro atoms. The maximum absolute atomic E-state index is 10.1. The van der Waals surface area contributed by atoms with Crippen LogP contribution in [0.5, 0.6) is 5.75 Å². The van der Waals surface area contributed by atoms with Crippen LogP contribution in [-0.2, 0) is 0 Å². The lowest BCUT2D eigenvalue weighted by atomic mass is 10.1. The summed E-state index contributed by atoms with van der Waals surface area (Å²) in [6.45, 7) is 0.237. The van der Waals surface area contributed by atoms with Gasteiger partial charge < -0.3 is 9.84 Å². The standard InChI is InChI=1S/C17H15NO2S/c19-16(13-4-2-1-3-5-13)12-20-15-8-6-14(7-9-15)17-18-10-11-21-17/h1-11,16,19H,12H2/t16-/m1/s1. The number of aromatic nitrogens is 1. The molecular weight excluding hydrogens is 282 g/mol. The predicted molar refractivity (Wildman–Crippen MR) is 84.4 cm³/mol. The van der Waals surface area contributed by atoms with E-state index in [-0.39, 0.29) is 6.61 Å². The van der Waals surface area contributed by atoms with Gasteiger partial charge in [0.25, 0.3) is 0 Å². The average Bonchev–Trinajstić information content (AvgIpc) is 3.08. The largest absolute Gasteiger partial charge is 0.491 e. The zero-order chi connectivity index (χ0) is 14.5. The minimum absolute atomic E-state index is 0.237. The van der Waals surface area contributed by atoms with Gasteiger partial charge in [0, 0.05) is 17.1 Å². The van der Waals surface area contributed by atoms with Crippen LogP contribution >= 0.6 is 11.3 Å². The summed E-state index contributed by atoms with van der Waals surface area (Å²) in [5, 5.41) is 13.0. The fourth-order valence-electron chi connectivity index (χ4n) is 2.01. The van der Waals surface area contributed by atoms with Gasteiger partial charge in [-0.2, -0.15) is 0 Å². The molecule has 0 aliphatic rings. The van der Waals surface area contributed by atoms with E-state index in [4.69, 9.17) is 4.74 Å². The second-order valence-electron chi connectivity index (χ2n) is 4.60. The van der Waals surface area contributed by atoms with E-state index in [9.17, 15) is 5.11 Å². The zero-order valence-electron chi connectivity index (χ0n) is 11.3. The fraction of sp³-hybridized carbons (Fsp3) is 0.118. The minimum Gasteiger partial charge on any atom is -0.491 e. The van der Waals surface area contributed by atoms with Crippen LogP contribution < -0.4 is 4.74 Å². The van der Waals surface area contributed by atoms with Crippen LogP contribution in [0.4, 0.5) is 0 Å². The Balaban J connectivity index is 1.61. The van der Waals surface area contributed by atoms with Gasteiger partial charge >= 0.3 is 0 Å². The Bertz CT molecular complexity index is 666. The van der Waals surface area contributed by atoms with Gasteiger partial charge in [0.05, 0.1) is 0 Å². The molecule has 1 aromatic heterocycles. The molecule has 0 radical (unpaired) electrons. The number of aliphatic hydroxyl groups is 1. The van der Waals surface area contributed by atoms with Gasteiger partial charge in [-0.25, -0.2) is 4.98 Å². The topological polar surface area (TPSA) is 42.4 Å². The maximum atomic E-state index is 10.1. The van der Waals surface area contributed by atoms with Gasteiger partial charge in [-0.1, -0.05) is 30.3 Å². The highest BCUT2D eigenvalue weighted by atomic mass is 32.1. The first-order chi connectivity index (χ1) is 10.3. The van der Waals surface area contributed by atoms with Gasteiger partial charge in [0.1, 0.15) is 23.5 Å². The summed E-state index contributed by atoms with van der Waals surface area (Å²) in [5.74, 6) is 0.741. The molecule has 3 nitrogen and oxygen atoms in total. The molecule has 1 N–H and O–H groups in total. The highest BCUT2D eigenvalue weighted by molar-refractivity contribution is 7.13. The monoisotopic (exact) mass is 297 g/mol. The molecule has 0 saturated carbocycles. The Labute approximate surface area is 127 Å². The van der Waals surface area contributed by atoms with Crippen molar-refractivity contribution in [1.82, 2.24) is 4.98 Å². The van der Waals surface area contributed by atoms with Crippen molar-refractivity contribution in [3.63, 3.8) is 0 Å². The molecule has 0 amide bonds. The summed E-state index contributed by atoms with van der Waals surface area (Å²) >= 11 is 1.61. The molecule has 0 fully saturated rings. The number of benzene rings is 2. The highest BCUT2D eigenvalue weighted by Gasteiger charge is 2.08. The van der Waals surface area contributed by atoms with E-state index in [0.717, 1.165) is 21.9 Å². The van der Waals surface area contributed by atoms with Gasteiger partial charge in [0.15, 0.2) is 0 Å². The molecule has 1 atom stereocenters. The van der Waals surface area contributed by atoms with Gasteiger partial charge in [-0.15, -0.1) is 11.3 Å². The number of ether oxygens (including phenoxy) is 1. The van der Waals surface area contributed by atoms with Crippen molar-refractivity contribution >= 4 is 11.3 Å². The molecule has 0 aliphatic heterocycles. The van der Waals surface area contributed by atoms with E-state index in [0.29, 0.717) is 0 Å². The number of rotatable bonds is 5. The van der Waals surface area contributed by atoms with Gasteiger partial charge in [0.2, 0.25) is 0 Å². The van der Waals surface area contributed by atoms with Crippen molar-refractivity contribution in [2.75, 3.05) is 6.61 Å². The Kier molecular flexibility index (Phi) is 4.28. The maximum Gasteiger partial charge on any atom is 0.123 e. The molecule has 0 saturated heterocycles. The van der Waals surface area contributed by atoms with Crippen molar-refractivity contribution < 1.29 is 9.84 Å². The lowest BCUT2D eigenvalue weighted by Crippen LogP contribution is -2.09. The number of nitrogens with zero attached hydrogens (tertiary/aromatic N) is 1. The number of thiazole rings is 1. The minimum atomic E-state index is -0.621. The molecule has 2 aromatic carbocycles. The molecule has 4 heteroatoms. The van der Waals surface area contributed by atoms with E-state index in [2.05, 4.69) is 4.98 Å². The van der Waals surface area contributed by atoms with Crippen molar-refractivity contribution in [3.05, 3.63) is 71.7 Å². The zero-order valence-corrected chi connectivity index (χ0v) is 12.2. The lowest BCUT2D eigenvalue weighted by molar-refractivity contribution is 0.108. The highest BCUT2D eigenvalue weighted by Crippen LogP contribution is 2.24. The third-order valence-electron chi connectivity index (χ3n) is 3.13. The first-order valence-corrected chi connectivity index (χ1v) is 7.56. The Morgan fingerprint density at radius 3 is 2.48 bits per heavy atom. The number of aliphatic hydroxyl groups excluding tert-OH is 1. The molecule has 3 aromatic rings. The van der Waals surface area contributed by atoms with E-state index in [1.165, 1.54) is 0 Å². The number of hydrogen-bond acceptors (Lipinski definition) is 4. The lowest BCUT2D eigenvalue weighted by Gasteiger charge is -2.12. The Morgan fingerprint density at radius 1 is 1.05 bits per heavy atom. The van der Waals surface area contributed by atoms with Crippen LogP contribution in [0, 0.1) is 0 Å². The molecule has 3 rings (SSSR count). The van der Waals surface area contributed by atoms with Crippen LogP contribution in [0.15, 0.2) is 66.2 Å². The summed E-state index contributed by atoms with van der Waals surface area (Å²) in [6, 6.07) is 17.3. The first kappa shape index (κ1) is 13.8. The van der Waals surface area contributed by atoms with E-state index in [1.807, 2.05) is 60.0 Å². The molecule has 1 heterocycles. The Hall–Kier alpha value is -2.17. The molecule has 106 valence electrons.